The highest BCUT2D eigenvalue weighted by molar-refractivity contribution is 5.98. The molecule has 0 bridgehead atoms. The van der Waals surface area contributed by atoms with Gasteiger partial charge in [-0.3, -0.25) is 4.79 Å². The van der Waals surface area contributed by atoms with Gasteiger partial charge in [0.2, 0.25) is 0 Å². The maximum atomic E-state index is 12.0. The lowest BCUT2D eigenvalue weighted by Crippen LogP contribution is -2.55. The van der Waals surface area contributed by atoms with Crippen LogP contribution in [0, 0.1) is 6.92 Å². The molecule has 1 aliphatic heterocycles. The second-order valence-corrected chi connectivity index (χ2v) is 3.96. The summed E-state index contributed by atoms with van der Waals surface area (Å²) in [6.45, 7) is 2.38. The Morgan fingerprint density at radius 3 is 2.56 bits per heavy atom. The van der Waals surface area contributed by atoms with Gasteiger partial charge in [-0.1, -0.05) is 18.2 Å². The SMILES string of the molecule is Cc1ccccc1C(=O)N1CCC1C(=O)O. The first-order chi connectivity index (χ1) is 7.61. The Bertz CT molecular complexity index is 442. The van der Waals surface area contributed by atoms with Crippen LogP contribution < -0.4 is 0 Å². The molecular formula is C12H13NO3. The first-order valence-corrected chi connectivity index (χ1v) is 5.20. The van der Waals surface area contributed by atoms with Gasteiger partial charge in [-0.15, -0.1) is 0 Å². The molecule has 0 radical (unpaired) electrons. The van der Waals surface area contributed by atoms with Gasteiger partial charge in [-0.2, -0.15) is 0 Å². The van der Waals surface area contributed by atoms with E-state index in [1.165, 1.54) is 4.90 Å². The van der Waals surface area contributed by atoms with Gasteiger partial charge < -0.3 is 10.0 Å². The minimum Gasteiger partial charge on any atom is -0.480 e. The zero-order chi connectivity index (χ0) is 11.7. The molecule has 0 aromatic heterocycles. The number of carboxylic acid groups (broad SMARTS) is 1. The van der Waals surface area contributed by atoms with Crippen molar-refractivity contribution in [3.63, 3.8) is 0 Å². The number of carboxylic acids is 1. The van der Waals surface area contributed by atoms with E-state index < -0.39 is 12.0 Å². The molecule has 0 saturated carbocycles. The first-order valence-electron chi connectivity index (χ1n) is 5.20. The van der Waals surface area contributed by atoms with Crippen LogP contribution in [-0.4, -0.2) is 34.5 Å². The van der Waals surface area contributed by atoms with E-state index in [9.17, 15) is 9.59 Å². The van der Waals surface area contributed by atoms with Crippen molar-refractivity contribution in [2.45, 2.75) is 19.4 Å². The smallest absolute Gasteiger partial charge is 0.326 e. The zero-order valence-electron chi connectivity index (χ0n) is 9.01. The average Bonchev–Trinajstić information content (AvgIpc) is 2.15. The molecule has 1 aromatic rings. The van der Waals surface area contributed by atoms with Crippen LogP contribution in [0.15, 0.2) is 24.3 Å². The first kappa shape index (κ1) is 10.7. The largest absolute Gasteiger partial charge is 0.480 e. The third-order valence-electron chi connectivity index (χ3n) is 2.94. The number of hydrogen-bond acceptors (Lipinski definition) is 2. The number of hydrogen-bond donors (Lipinski definition) is 1. The van der Waals surface area contributed by atoms with E-state index in [1.54, 1.807) is 12.1 Å². The number of rotatable bonds is 2. The van der Waals surface area contributed by atoms with Gasteiger partial charge in [0.05, 0.1) is 0 Å². The van der Waals surface area contributed by atoms with E-state index >= 15 is 0 Å². The molecule has 0 spiro atoms. The van der Waals surface area contributed by atoms with Crippen LogP contribution in [0.3, 0.4) is 0 Å². The summed E-state index contributed by atoms with van der Waals surface area (Å²) in [4.78, 5) is 24.3. The van der Waals surface area contributed by atoms with E-state index in [-0.39, 0.29) is 5.91 Å². The second-order valence-electron chi connectivity index (χ2n) is 3.96. The highest BCUT2D eigenvalue weighted by Gasteiger charge is 2.38. The molecule has 4 nitrogen and oxygen atoms in total. The quantitative estimate of drug-likeness (QED) is 0.815. The molecule has 1 aromatic carbocycles. The summed E-state index contributed by atoms with van der Waals surface area (Å²) in [5, 5.41) is 8.87. The van der Waals surface area contributed by atoms with Gasteiger partial charge in [0.15, 0.2) is 0 Å². The minimum absolute atomic E-state index is 0.184. The molecule has 1 N–H and O–H groups in total. The standard InChI is InChI=1S/C12H13NO3/c1-8-4-2-3-5-9(8)11(14)13-7-6-10(13)12(15)16/h2-5,10H,6-7H2,1H3,(H,15,16). The third-order valence-corrected chi connectivity index (χ3v) is 2.94. The predicted octanol–water partition coefficient (Wildman–Crippen LogP) is 1.29. The minimum atomic E-state index is -0.923. The van der Waals surface area contributed by atoms with Gasteiger partial charge in [-0.05, 0) is 25.0 Å². The molecule has 2 rings (SSSR count). The fourth-order valence-electron chi connectivity index (χ4n) is 1.85. The Hall–Kier alpha value is -1.84. The van der Waals surface area contributed by atoms with Crippen LogP contribution in [0.5, 0.6) is 0 Å². The highest BCUT2D eigenvalue weighted by Crippen LogP contribution is 2.21. The Morgan fingerprint density at radius 2 is 2.06 bits per heavy atom. The molecule has 84 valence electrons. The molecule has 1 fully saturated rings. The van der Waals surface area contributed by atoms with Gasteiger partial charge in [-0.25, -0.2) is 4.79 Å². The fraction of sp³-hybridized carbons (Fsp3) is 0.333. The number of amides is 1. The lowest BCUT2D eigenvalue weighted by atomic mass is 9.99. The summed E-state index contributed by atoms with van der Waals surface area (Å²) < 4.78 is 0. The van der Waals surface area contributed by atoms with Crippen molar-refractivity contribution in [1.29, 1.82) is 0 Å². The van der Waals surface area contributed by atoms with Crippen LogP contribution in [0.4, 0.5) is 0 Å². The van der Waals surface area contributed by atoms with E-state index in [0.29, 0.717) is 18.5 Å². The number of aryl methyl sites for hydroxylation is 1. The number of benzene rings is 1. The summed E-state index contributed by atoms with van der Waals surface area (Å²) in [7, 11) is 0. The van der Waals surface area contributed by atoms with Crippen LogP contribution in [-0.2, 0) is 4.79 Å². The monoisotopic (exact) mass is 219 g/mol. The maximum Gasteiger partial charge on any atom is 0.326 e. The van der Waals surface area contributed by atoms with Crippen molar-refractivity contribution in [2.75, 3.05) is 6.54 Å². The van der Waals surface area contributed by atoms with Gasteiger partial charge >= 0.3 is 5.97 Å². The van der Waals surface area contributed by atoms with Crippen molar-refractivity contribution in [1.82, 2.24) is 4.90 Å². The normalized spacial score (nSPS) is 19.1. The maximum absolute atomic E-state index is 12.0. The molecular weight excluding hydrogens is 206 g/mol. The van der Waals surface area contributed by atoms with Crippen molar-refractivity contribution < 1.29 is 14.7 Å². The summed E-state index contributed by atoms with van der Waals surface area (Å²) in [5.41, 5.74) is 1.47. The third kappa shape index (κ3) is 1.66. The van der Waals surface area contributed by atoms with Crippen molar-refractivity contribution in [3.8, 4) is 0 Å². The predicted molar refractivity (Wildman–Crippen MR) is 58.3 cm³/mol. The summed E-state index contributed by atoms with van der Waals surface area (Å²) in [6.07, 6.45) is 0.549. The van der Waals surface area contributed by atoms with E-state index in [4.69, 9.17) is 5.11 Å². The average molecular weight is 219 g/mol. The van der Waals surface area contributed by atoms with E-state index in [0.717, 1.165) is 5.56 Å². The second kappa shape index (κ2) is 3.96. The van der Waals surface area contributed by atoms with Crippen molar-refractivity contribution in [3.05, 3.63) is 35.4 Å². The van der Waals surface area contributed by atoms with Crippen LogP contribution in [0.1, 0.15) is 22.3 Å². The lowest BCUT2D eigenvalue weighted by Gasteiger charge is -2.38. The van der Waals surface area contributed by atoms with Crippen molar-refractivity contribution in [2.24, 2.45) is 0 Å². The zero-order valence-corrected chi connectivity index (χ0v) is 9.01. The van der Waals surface area contributed by atoms with Gasteiger partial charge in [0.25, 0.3) is 5.91 Å². The Balaban J connectivity index is 2.21. The lowest BCUT2D eigenvalue weighted by molar-refractivity contribution is -0.146. The molecule has 1 atom stereocenters. The number of nitrogens with zero attached hydrogens (tertiary/aromatic N) is 1. The molecule has 1 amide bonds. The topological polar surface area (TPSA) is 57.6 Å². The van der Waals surface area contributed by atoms with Crippen molar-refractivity contribution >= 4 is 11.9 Å². The number of carbonyl (C=O) groups excluding carboxylic acids is 1. The molecule has 4 heteroatoms. The summed E-state index contributed by atoms with van der Waals surface area (Å²) in [5.74, 6) is -1.11. The molecule has 1 saturated heterocycles. The Morgan fingerprint density at radius 1 is 1.38 bits per heavy atom. The van der Waals surface area contributed by atoms with E-state index in [1.807, 2.05) is 19.1 Å². The summed E-state index contributed by atoms with van der Waals surface area (Å²) in [6, 6.07) is 6.58. The molecule has 1 aliphatic rings. The van der Waals surface area contributed by atoms with Gasteiger partial charge in [0, 0.05) is 12.1 Å². The highest BCUT2D eigenvalue weighted by atomic mass is 16.4. The number of aliphatic carboxylic acids is 1. The molecule has 0 aliphatic carbocycles. The van der Waals surface area contributed by atoms with Gasteiger partial charge in [0.1, 0.15) is 6.04 Å². The fourth-order valence-corrected chi connectivity index (χ4v) is 1.85. The van der Waals surface area contributed by atoms with Crippen LogP contribution in [0.25, 0.3) is 0 Å². The molecule has 1 heterocycles. The number of carbonyl (C=O) groups is 2. The Kier molecular flexibility index (Phi) is 2.64. The van der Waals surface area contributed by atoms with Crippen LogP contribution >= 0.6 is 0 Å². The van der Waals surface area contributed by atoms with E-state index in [2.05, 4.69) is 0 Å². The number of likely N-dealkylation sites (tertiary alicyclic amines) is 1. The molecule has 1 unspecified atom stereocenters. The summed E-state index contributed by atoms with van der Waals surface area (Å²) >= 11 is 0. The molecule has 16 heavy (non-hydrogen) atoms. The Labute approximate surface area is 93.5 Å². The van der Waals surface area contributed by atoms with Crippen LogP contribution in [0.2, 0.25) is 0 Å².